The summed E-state index contributed by atoms with van der Waals surface area (Å²) in [6.07, 6.45) is 4.10. The molecule has 2 aromatic heterocycles. The van der Waals surface area contributed by atoms with Crippen LogP contribution in [0.5, 0.6) is 5.75 Å². The van der Waals surface area contributed by atoms with E-state index in [0.717, 1.165) is 11.3 Å². The van der Waals surface area contributed by atoms with Crippen LogP contribution in [0.25, 0.3) is 11.3 Å². The zero-order chi connectivity index (χ0) is 18.5. The number of ether oxygens (including phenoxy) is 1. The van der Waals surface area contributed by atoms with Crippen LogP contribution in [0.15, 0.2) is 54.9 Å². The van der Waals surface area contributed by atoms with E-state index in [1.54, 1.807) is 24.5 Å². The molecule has 0 atom stereocenters. The highest BCUT2D eigenvalue weighted by atomic mass is 79.9. The van der Waals surface area contributed by atoms with Gasteiger partial charge in [-0.25, -0.2) is 5.41 Å². The third kappa shape index (κ3) is 4.20. The van der Waals surface area contributed by atoms with E-state index >= 15 is 0 Å². The largest absolute Gasteiger partial charge is 0.491 e. The maximum absolute atomic E-state index is 6.27. The number of rotatable bonds is 6. The Balaban J connectivity index is 1.91. The molecule has 5 nitrogen and oxygen atoms in total. The molecule has 0 radical (unpaired) electrons. The van der Waals surface area contributed by atoms with Crippen molar-refractivity contribution >= 4 is 37.8 Å². The molecule has 7 heteroatoms. The van der Waals surface area contributed by atoms with E-state index in [9.17, 15) is 0 Å². The van der Waals surface area contributed by atoms with Gasteiger partial charge >= 0.3 is 0 Å². The van der Waals surface area contributed by atoms with Crippen molar-refractivity contribution in [2.24, 2.45) is 0 Å². The molecule has 2 heterocycles. The second-order valence-corrected chi connectivity index (χ2v) is 6.80. The van der Waals surface area contributed by atoms with Gasteiger partial charge in [0.15, 0.2) is 0 Å². The Morgan fingerprint density at radius 2 is 1.96 bits per heavy atom. The average molecular weight is 433 g/mol. The number of benzene rings is 1. The summed E-state index contributed by atoms with van der Waals surface area (Å²) in [5, 5.41) is 6.46. The molecule has 3 aromatic rings. The quantitative estimate of drug-likeness (QED) is 0.463. The maximum atomic E-state index is 6.27. The van der Waals surface area contributed by atoms with Gasteiger partial charge in [0.25, 0.3) is 0 Å². The van der Waals surface area contributed by atoms with Crippen molar-refractivity contribution in [3.63, 3.8) is 0 Å². The van der Waals surface area contributed by atoms with Crippen molar-refractivity contribution in [2.45, 2.75) is 6.42 Å². The second-order valence-electron chi connectivity index (χ2n) is 5.54. The van der Waals surface area contributed by atoms with Gasteiger partial charge in [-0.15, -0.1) is 0 Å². The smallest absolute Gasteiger partial charge is 0.248 e. The standard InChI is InChI=1S/C19H16BrClN4O/c20-19(23)14-10-12(18-15(21)5-3-8-25-18)11-16(17(14)22)26-9-6-13-4-1-2-7-24-13/h1-5,7-8,10-11,23H,6,9,22H2/p+1. The Kier molecular flexibility index (Phi) is 5.85. The molecule has 0 aliphatic rings. The van der Waals surface area contributed by atoms with E-state index in [1.807, 2.05) is 30.3 Å². The van der Waals surface area contributed by atoms with Crippen molar-refractivity contribution in [3.8, 4) is 17.0 Å². The molecule has 1 aromatic carbocycles. The molecule has 0 bridgehead atoms. The van der Waals surface area contributed by atoms with Crippen LogP contribution in [-0.4, -0.2) is 21.2 Å². The van der Waals surface area contributed by atoms with Gasteiger partial charge in [-0.05, 0) is 36.4 Å². The average Bonchev–Trinajstić information content (AvgIpc) is 2.64. The van der Waals surface area contributed by atoms with Crippen LogP contribution in [0, 0.1) is 0 Å². The molecule has 0 aliphatic heterocycles. The van der Waals surface area contributed by atoms with Gasteiger partial charge in [-0.2, -0.15) is 0 Å². The van der Waals surface area contributed by atoms with Crippen LogP contribution >= 0.6 is 27.5 Å². The Hall–Kier alpha value is -2.44. The summed E-state index contributed by atoms with van der Waals surface area (Å²) in [7, 11) is 0. The molecule has 3 rings (SSSR count). The Morgan fingerprint density at radius 3 is 2.65 bits per heavy atom. The van der Waals surface area contributed by atoms with Gasteiger partial charge in [-0.1, -0.05) is 17.7 Å². The molecule has 0 unspecified atom stereocenters. The lowest BCUT2D eigenvalue weighted by Crippen LogP contribution is -2.36. The topological polar surface area (TPSA) is 86.6 Å². The predicted molar refractivity (Wildman–Crippen MR) is 107 cm³/mol. The minimum absolute atomic E-state index is 0.415. The summed E-state index contributed by atoms with van der Waals surface area (Å²) in [6, 6.07) is 13.0. The van der Waals surface area contributed by atoms with E-state index in [1.165, 1.54) is 0 Å². The molecule has 132 valence electrons. The molecular weight excluding hydrogens is 416 g/mol. The zero-order valence-corrected chi connectivity index (χ0v) is 16.2. The number of hydrogen-bond donors (Lipinski definition) is 2. The number of anilines is 1. The van der Waals surface area contributed by atoms with Crippen molar-refractivity contribution in [1.29, 1.82) is 0 Å². The fourth-order valence-electron chi connectivity index (χ4n) is 2.49. The second kappa shape index (κ2) is 8.29. The predicted octanol–water partition coefficient (Wildman–Crippen LogP) is 2.90. The minimum atomic E-state index is 0.415. The lowest BCUT2D eigenvalue weighted by molar-refractivity contribution is -0.106. The summed E-state index contributed by atoms with van der Waals surface area (Å²) in [5.74, 6) is 0.526. The minimum Gasteiger partial charge on any atom is -0.491 e. The molecule has 26 heavy (non-hydrogen) atoms. The first-order chi connectivity index (χ1) is 12.6. The Labute approximate surface area is 164 Å². The van der Waals surface area contributed by atoms with Crippen LogP contribution < -0.4 is 15.9 Å². The van der Waals surface area contributed by atoms with Gasteiger partial charge < -0.3 is 10.5 Å². The number of hydrogen-bond acceptors (Lipinski definition) is 4. The number of nitrogens with zero attached hydrogens (tertiary/aromatic N) is 2. The van der Waals surface area contributed by atoms with Gasteiger partial charge in [-0.3, -0.25) is 9.97 Å². The highest BCUT2D eigenvalue weighted by Crippen LogP contribution is 2.35. The monoisotopic (exact) mass is 431 g/mol. The first-order valence-electron chi connectivity index (χ1n) is 7.91. The Bertz CT molecular complexity index is 934. The van der Waals surface area contributed by atoms with Crippen LogP contribution in [0.2, 0.25) is 5.02 Å². The molecule has 0 amide bonds. The highest BCUT2D eigenvalue weighted by Gasteiger charge is 2.17. The molecule has 0 saturated carbocycles. The number of nitrogens with two attached hydrogens (primary N) is 2. The number of pyridine rings is 2. The van der Waals surface area contributed by atoms with Crippen molar-refractivity contribution in [2.75, 3.05) is 12.3 Å². The summed E-state index contributed by atoms with van der Waals surface area (Å²) in [6.45, 7) is 0.433. The number of halogens is 2. The SMILES string of the molecule is Nc1c(OCCc2ccccn2)cc(-c2ncccc2Cl)cc1C(=[NH2+])Br. The molecule has 0 spiro atoms. The van der Waals surface area contributed by atoms with E-state index < -0.39 is 0 Å². The summed E-state index contributed by atoms with van der Waals surface area (Å²) in [5.41, 5.74) is 9.67. The number of nitrogen functional groups attached to an aromatic ring is 1. The summed E-state index contributed by atoms with van der Waals surface area (Å²) < 4.78 is 6.32. The lowest BCUT2D eigenvalue weighted by atomic mass is 10.0. The zero-order valence-electron chi connectivity index (χ0n) is 13.8. The van der Waals surface area contributed by atoms with E-state index in [0.29, 0.717) is 45.4 Å². The summed E-state index contributed by atoms with van der Waals surface area (Å²) in [4.78, 5) is 8.63. The van der Waals surface area contributed by atoms with Crippen molar-refractivity contribution in [1.82, 2.24) is 9.97 Å². The molecule has 0 saturated heterocycles. The van der Waals surface area contributed by atoms with E-state index in [4.69, 9.17) is 27.5 Å². The van der Waals surface area contributed by atoms with Crippen LogP contribution in [0.3, 0.4) is 0 Å². The molecule has 4 N–H and O–H groups in total. The highest BCUT2D eigenvalue weighted by molar-refractivity contribution is 9.18. The van der Waals surface area contributed by atoms with Crippen molar-refractivity contribution in [3.05, 3.63) is 71.1 Å². The van der Waals surface area contributed by atoms with Crippen molar-refractivity contribution < 1.29 is 10.1 Å². The van der Waals surface area contributed by atoms with Gasteiger partial charge in [0.2, 0.25) is 4.62 Å². The maximum Gasteiger partial charge on any atom is 0.248 e. The van der Waals surface area contributed by atoms with Crippen LogP contribution in [0.1, 0.15) is 11.3 Å². The lowest BCUT2D eigenvalue weighted by Gasteiger charge is -2.13. The van der Waals surface area contributed by atoms with Crippen LogP contribution in [0.4, 0.5) is 5.69 Å². The fourth-order valence-corrected chi connectivity index (χ4v) is 3.05. The van der Waals surface area contributed by atoms with E-state index in [-0.39, 0.29) is 0 Å². The molecule has 0 aliphatic carbocycles. The van der Waals surface area contributed by atoms with Gasteiger partial charge in [0, 0.05) is 46.0 Å². The first kappa shape index (κ1) is 18.4. The normalized spacial score (nSPS) is 10.5. The summed E-state index contributed by atoms with van der Waals surface area (Å²) >= 11 is 9.57. The van der Waals surface area contributed by atoms with E-state index in [2.05, 4.69) is 25.9 Å². The van der Waals surface area contributed by atoms with Gasteiger partial charge in [0.05, 0.1) is 28.6 Å². The Morgan fingerprint density at radius 1 is 1.15 bits per heavy atom. The number of aromatic nitrogens is 2. The fraction of sp³-hybridized carbons (Fsp3) is 0.105. The first-order valence-corrected chi connectivity index (χ1v) is 9.08. The van der Waals surface area contributed by atoms with Crippen LogP contribution in [-0.2, 0) is 6.42 Å². The molecule has 0 fully saturated rings. The third-order valence-corrected chi connectivity index (χ3v) is 4.51. The third-order valence-electron chi connectivity index (χ3n) is 3.77. The van der Waals surface area contributed by atoms with Gasteiger partial charge in [0.1, 0.15) is 5.75 Å². The molecular formula is C19H17BrClN4O+.